The molecule has 1 rings (SSSR count). The minimum absolute atomic E-state index is 0.174. The van der Waals surface area contributed by atoms with Gasteiger partial charge in [-0.2, -0.15) is 0 Å². The van der Waals surface area contributed by atoms with Crippen LogP contribution in [0.3, 0.4) is 0 Å². The Hall–Kier alpha value is -0.690. The molecule has 0 spiro atoms. The predicted octanol–water partition coefficient (Wildman–Crippen LogP) is 2.15. The first-order chi connectivity index (χ1) is 7.02. The quantitative estimate of drug-likeness (QED) is 0.658. The van der Waals surface area contributed by atoms with Crippen molar-refractivity contribution in [1.82, 2.24) is 0 Å². The number of halogens is 1. The van der Waals surface area contributed by atoms with E-state index >= 15 is 0 Å². The maximum Gasteiger partial charge on any atom is 0.234 e. The molecule has 0 bridgehead atoms. The number of anilines is 1. The maximum absolute atomic E-state index is 11.6. The molecule has 3 N–H and O–H groups in total. The van der Waals surface area contributed by atoms with Gasteiger partial charge in [-0.15, -0.1) is 0 Å². The third-order valence-electron chi connectivity index (χ3n) is 1.95. The van der Waals surface area contributed by atoms with Crippen LogP contribution in [0.25, 0.3) is 0 Å². The predicted molar refractivity (Wildman–Crippen MR) is 73.7 cm³/mol. The smallest absolute Gasteiger partial charge is 0.234 e. The van der Waals surface area contributed by atoms with Crippen LogP contribution < -0.4 is 11.1 Å². The van der Waals surface area contributed by atoms with Crippen LogP contribution in [-0.2, 0) is 4.79 Å². The largest absolute Gasteiger partial charge is 0.393 e. The van der Waals surface area contributed by atoms with Crippen LogP contribution in [0.5, 0.6) is 0 Å². The number of benzene rings is 1. The molecule has 0 aromatic heterocycles. The van der Waals surface area contributed by atoms with Gasteiger partial charge in [0.2, 0.25) is 5.91 Å². The average Bonchev–Trinajstić information content (AvgIpc) is 2.20. The summed E-state index contributed by atoms with van der Waals surface area (Å²) in [4.78, 5) is 11.8. The van der Waals surface area contributed by atoms with Crippen LogP contribution in [0.1, 0.15) is 6.92 Å². The fourth-order valence-corrected chi connectivity index (χ4v) is 1.56. The number of carbonyl (C=O) groups excluding carboxylic acids is 1. The Kier molecular flexibility index (Phi) is 4.46. The molecule has 0 radical (unpaired) electrons. The molecule has 0 saturated carbocycles. The molecule has 15 heavy (non-hydrogen) atoms. The highest BCUT2D eigenvalue weighted by Gasteiger charge is 2.16. The Morgan fingerprint density at radius 1 is 1.53 bits per heavy atom. The van der Waals surface area contributed by atoms with Crippen LogP contribution in [0.15, 0.2) is 24.3 Å². The van der Waals surface area contributed by atoms with Gasteiger partial charge in [-0.25, -0.2) is 0 Å². The molecule has 0 aliphatic rings. The summed E-state index contributed by atoms with van der Waals surface area (Å²) in [5, 5.41) is 2.78. The monoisotopic (exact) mass is 334 g/mol. The van der Waals surface area contributed by atoms with Crippen molar-refractivity contribution in [2.75, 3.05) is 5.32 Å². The molecule has 1 aromatic carbocycles. The Morgan fingerprint density at radius 2 is 2.13 bits per heavy atom. The van der Waals surface area contributed by atoms with E-state index in [1.54, 1.807) is 6.92 Å². The first kappa shape index (κ1) is 12.4. The summed E-state index contributed by atoms with van der Waals surface area (Å²) in [5.41, 5.74) is 6.18. The molecule has 3 nitrogen and oxygen atoms in total. The second kappa shape index (κ2) is 5.41. The fraction of sp³-hybridized carbons (Fsp3) is 0.200. The van der Waals surface area contributed by atoms with Gasteiger partial charge >= 0.3 is 0 Å². The number of hydrogen-bond acceptors (Lipinski definition) is 2. The van der Waals surface area contributed by atoms with E-state index in [1.165, 1.54) is 0 Å². The summed E-state index contributed by atoms with van der Waals surface area (Å²) in [5.74, 6) is -0.623. The second-order valence-corrected chi connectivity index (χ2v) is 4.73. The second-order valence-electron chi connectivity index (χ2n) is 3.09. The SMILES string of the molecule is CC(C(=O)Nc1ccccc1I)C(N)=S. The molecule has 5 heteroatoms. The van der Waals surface area contributed by atoms with E-state index in [4.69, 9.17) is 18.0 Å². The topological polar surface area (TPSA) is 55.1 Å². The molecular formula is C10H11IN2OS. The Balaban J connectivity index is 2.75. The first-order valence-corrected chi connectivity index (χ1v) is 5.85. The number of para-hydroxylation sites is 1. The van der Waals surface area contributed by atoms with E-state index in [9.17, 15) is 4.79 Å². The van der Waals surface area contributed by atoms with Gasteiger partial charge in [0.15, 0.2) is 0 Å². The van der Waals surface area contributed by atoms with Crippen molar-refractivity contribution in [1.29, 1.82) is 0 Å². The number of nitrogens with two attached hydrogens (primary N) is 1. The standard InChI is InChI=1S/C10H11IN2OS/c1-6(9(12)15)10(14)13-8-5-3-2-4-7(8)11/h2-6H,1H3,(H2,12,15)(H,13,14). The van der Waals surface area contributed by atoms with E-state index in [-0.39, 0.29) is 10.9 Å². The van der Waals surface area contributed by atoms with E-state index in [2.05, 4.69) is 27.9 Å². The molecule has 1 aromatic rings. The number of thiocarbonyl (C=S) groups is 1. The lowest BCUT2D eigenvalue weighted by Crippen LogP contribution is -2.31. The maximum atomic E-state index is 11.6. The van der Waals surface area contributed by atoms with E-state index in [0.29, 0.717) is 0 Å². The summed E-state index contributed by atoms with van der Waals surface area (Å²) in [6, 6.07) is 7.53. The minimum atomic E-state index is -0.448. The van der Waals surface area contributed by atoms with Gasteiger partial charge in [-0.3, -0.25) is 4.79 Å². The normalized spacial score (nSPS) is 11.9. The molecule has 1 amide bonds. The Morgan fingerprint density at radius 3 is 2.67 bits per heavy atom. The van der Waals surface area contributed by atoms with Gasteiger partial charge in [-0.1, -0.05) is 24.4 Å². The number of rotatable bonds is 3. The van der Waals surface area contributed by atoms with Crippen molar-refractivity contribution in [3.63, 3.8) is 0 Å². The minimum Gasteiger partial charge on any atom is -0.393 e. The Bertz CT molecular complexity index is 395. The third kappa shape index (κ3) is 3.42. The average molecular weight is 334 g/mol. The summed E-state index contributed by atoms with van der Waals surface area (Å²) in [6.45, 7) is 1.69. The third-order valence-corrected chi connectivity index (χ3v) is 3.25. The number of carbonyl (C=O) groups is 1. The molecule has 1 atom stereocenters. The zero-order valence-electron chi connectivity index (χ0n) is 8.16. The molecule has 0 fully saturated rings. The lowest BCUT2D eigenvalue weighted by molar-refractivity contribution is -0.117. The van der Waals surface area contributed by atoms with Gasteiger partial charge in [0.05, 0.1) is 16.6 Å². The van der Waals surface area contributed by atoms with Crippen molar-refractivity contribution >= 4 is 51.4 Å². The van der Waals surface area contributed by atoms with E-state index in [1.807, 2.05) is 24.3 Å². The van der Waals surface area contributed by atoms with E-state index in [0.717, 1.165) is 9.26 Å². The fourth-order valence-electron chi connectivity index (χ4n) is 0.933. The zero-order chi connectivity index (χ0) is 11.4. The van der Waals surface area contributed by atoms with Gasteiger partial charge < -0.3 is 11.1 Å². The van der Waals surface area contributed by atoms with Crippen LogP contribution in [0, 0.1) is 9.49 Å². The molecule has 0 saturated heterocycles. The van der Waals surface area contributed by atoms with Crippen molar-refractivity contribution in [3.8, 4) is 0 Å². The lowest BCUT2D eigenvalue weighted by atomic mass is 10.1. The summed E-state index contributed by atoms with van der Waals surface area (Å²) < 4.78 is 0.985. The first-order valence-electron chi connectivity index (χ1n) is 4.37. The van der Waals surface area contributed by atoms with Crippen molar-refractivity contribution in [2.45, 2.75) is 6.92 Å². The molecular weight excluding hydrogens is 323 g/mol. The van der Waals surface area contributed by atoms with Crippen LogP contribution >= 0.6 is 34.8 Å². The van der Waals surface area contributed by atoms with Crippen molar-refractivity contribution in [2.24, 2.45) is 11.7 Å². The summed E-state index contributed by atoms with van der Waals surface area (Å²) >= 11 is 6.91. The lowest BCUT2D eigenvalue weighted by Gasteiger charge is -2.11. The number of nitrogens with one attached hydrogen (secondary N) is 1. The van der Waals surface area contributed by atoms with Crippen LogP contribution in [0.4, 0.5) is 5.69 Å². The van der Waals surface area contributed by atoms with Gasteiger partial charge in [0.1, 0.15) is 0 Å². The summed E-state index contributed by atoms with van der Waals surface area (Å²) in [7, 11) is 0. The molecule has 1 unspecified atom stereocenters. The van der Waals surface area contributed by atoms with Gasteiger partial charge in [0.25, 0.3) is 0 Å². The Labute approximate surface area is 108 Å². The highest BCUT2D eigenvalue weighted by Crippen LogP contribution is 2.17. The zero-order valence-corrected chi connectivity index (χ0v) is 11.1. The highest BCUT2D eigenvalue weighted by molar-refractivity contribution is 14.1. The van der Waals surface area contributed by atoms with Crippen LogP contribution in [0.2, 0.25) is 0 Å². The molecule has 0 aliphatic heterocycles. The van der Waals surface area contributed by atoms with Crippen molar-refractivity contribution < 1.29 is 4.79 Å². The molecule has 80 valence electrons. The van der Waals surface area contributed by atoms with Crippen LogP contribution in [-0.4, -0.2) is 10.9 Å². The van der Waals surface area contributed by atoms with Gasteiger partial charge in [-0.05, 0) is 41.6 Å². The number of hydrogen-bond donors (Lipinski definition) is 2. The molecule has 0 heterocycles. The van der Waals surface area contributed by atoms with Gasteiger partial charge in [0, 0.05) is 3.57 Å². The van der Waals surface area contributed by atoms with E-state index < -0.39 is 5.92 Å². The highest BCUT2D eigenvalue weighted by atomic mass is 127. The molecule has 0 aliphatic carbocycles. The number of amides is 1. The summed E-state index contributed by atoms with van der Waals surface area (Å²) in [6.07, 6.45) is 0. The van der Waals surface area contributed by atoms with Crippen molar-refractivity contribution in [3.05, 3.63) is 27.8 Å².